The number of rotatable bonds is 4. The van der Waals surface area contributed by atoms with E-state index in [2.05, 4.69) is 4.98 Å². The van der Waals surface area contributed by atoms with Gasteiger partial charge in [0.2, 0.25) is 0 Å². The first-order valence-electron chi connectivity index (χ1n) is 5.97. The fourth-order valence-electron chi connectivity index (χ4n) is 2.10. The molecule has 19 heavy (non-hydrogen) atoms. The summed E-state index contributed by atoms with van der Waals surface area (Å²) in [7, 11) is 1.38. The van der Waals surface area contributed by atoms with Gasteiger partial charge >= 0.3 is 5.97 Å². The second-order valence-corrected chi connectivity index (χ2v) is 5.64. The van der Waals surface area contributed by atoms with Crippen LogP contribution in [-0.4, -0.2) is 35.3 Å². The standard InChI is InChI=1S/C12H13ClN2O3S/c1-17-12(16)9-4-8-11(19-9)14-10(5-13)15(8)6-7-2-3-18-7/h4,7H,2-3,5-6H2,1H3/t7-/m0/s1. The molecule has 0 aromatic carbocycles. The Morgan fingerprint density at radius 2 is 2.53 bits per heavy atom. The quantitative estimate of drug-likeness (QED) is 0.643. The molecule has 3 rings (SSSR count). The predicted octanol–water partition coefficient (Wildman–Crippen LogP) is 2.41. The Hall–Kier alpha value is -1.11. The number of carbonyl (C=O) groups is 1. The van der Waals surface area contributed by atoms with Crippen LogP contribution in [0.1, 0.15) is 21.9 Å². The lowest BCUT2D eigenvalue weighted by molar-refractivity contribution is -0.0589. The average Bonchev–Trinajstić information content (AvgIpc) is 2.90. The van der Waals surface area contributed by atoms with Crippen LogP contribution in [0.25, 0.3) is 10.3 Å². The molecule has 3 heterocycles. The number of carbonyl (C=O) groups excluding carboxylic acids is 1. The number of halogens is 1. The van der Waals surface area contributed by atoms with Crippen molar-refractivity contribution in [1.29, 1.82) is 0 Å². The Morgan fingerprint density at radius 3 is 3.11 bits per heavy atom. The molecule has 7 heteroatoms. The van der Waals surface area contributed by atoms with Crippen molar-refractivity contribution in [2.45, 2.75) is 24.9 Å². The van der Waals surface area contributed by atoms with E-state index in [0.29, 0.717) is 10.8 Å². The first-order chi connectivity index (χ1) is 9.22. The second-order valence-electron chi connectivity index (χ2n) is 4.35. The van der Waals surface area contributed by atoms with Gasteiger partial charge in [-0.25, -0.2) is 9.78 Å². The van der Waals surface area contributed by atoms with Gasteiger partial charge in [0.15, 0.2) is 0 Å². The van der Waals surface area contributed by atoms with Gasteiger partial charge < -0.3 is 14.0 Å². The number of thiophene rings is 1. The number of nitrogens with zero attached hydrogens (tertiary/aromatic N) is 2. The van der Waals surface area contributed by atoms with Crippen molar-refractivity contribution in [3.05, 3.63) is 16.8 Å². The van der Waals surface area contributed by atoms with Crippen molar-refractivity contribution in [2.75, 3.05) is 13.7 Å². The first-order valence-corrected chi connectivity index (χ1v) is 7.33. The van der Waals surface area contributed by atoms with E-state index in [1.807, 2.05) is 10.6 Å². The Kier molecular flexibility index (Phi) is 3.47. The Labute approximate surface area is 119 Å². The highest BCUT2D eigenvalue weighted by molar-refractivity contribution is 7.20. The molecule has 0 amide bonds. The van der Waals surface area contributed by atoms with Crippen LogP contribution >= 0.6 is 22.9 Å². The molecule has 2 aromatic heterocycles. The van der Waals surface area contributed by atoms with Gasteiger partial charge in [-0.05, 0) is 12.5 Å². The summed E-state index contributed by atoms with van der Waals surface area (Å²) in [6.07, 6.45) is 1.27. The third kappa shape index (κ3) is 2.24. The number of imidazole rings is 1. The Balaban J connectivity index is 1.99. The summed E-state index contributed by atoms with van der Waals surface area (Å²) in [6.45, 7) is 1.55. The molecule has 1 fully saturated rings. The lowest BCUT2D eigenvalue weighted by atomic mass is 10.2. The molecule has 0 radical (unpaired) electrons. The maximum atomic E-state index is 11.5. The van der Waals surface area contributed by atoms with Crippen LogP contribution in [0.2, 0.25) is 0 Å². The maximum Gasteiger partial charge on any atom is 0.348 e. The number of hydrogen-bond donors (Lipinski definition) is 0. The molecular weight excluding hydrogens is 288 g/mol. The number of alkyl halides is 1. The smallest absolute Gasteiger partial charge is 0.348 e. The lowest BCUT2D eigenvalue weighted by Crippen LogP contribution is -2.31. The minimum Gasteiger partial charge on any atom is -0.465 e. The number of methoxy groups -OCH3 is 1. The molecule has 0 saturated carbocycles. The molecular formula is C12H13ClN2O3S. The normalized spacial score (nSPS) is 18.5. The number of fused-ring (bicyclic) bond motifs is 1. The largest absolute Gasteiger partial charge is 0.465 e. The van der Waals surface area contributed by atoms with E-state index in [-0.39, 0.29) is 12.1 Å². The topological polar surface area (TPSA) is 53.3 Å². The van der Waals surface area contributed by atoms with E-state index < -0.39 is 0 Å². The van der Waals surface area contributed by atoms with Crippen LogP contribution < -0.4 is 0 Å². The SMILES string of the molecule is COC(=O)c1cc2c(nc(CCl)n2C[C@@H]2CCO2)s1. The molecule has 5 nitrogen and oxygen atoms in total. The molecule has 0 N–H and O–H groups in total. The molecule has 0 spiro atoms. The van der Waals surface area contributed by atoms with Crippen molar-refractivity contribution in [1.82, 2.24) is 9.55 Å². The van der Waals surface area contributed by atoms with Gasteiger partial charge in [0, 0.05) is 6.61 Å². The zero-order valence-electron chi connectivity index (χ0n) is 10.4. The van der Waals surface area contributed by atoms with E-state index in [1.165, 1.54) is 18.4 Å². The van der Waals surface area contributed by atoms with Gasteiger partial charge in [-0.2, -0.15) is 0 Å². The summed E-state index contributed by atoms with van der Waals surface area (Å²) in [5, 5.41) is 0. The third-order valence-electron chi connectivity index (χ3n) is 3.21. The Morgan fingerprint density at radius 1 is 1.74 bits per heavy atom. The molecule has 0 bridgehead atoms. The highest BCUT2D eigenvalue weighted by Gasteiger charge is 2.23. The second kappa shape index (κ2) is 5.11. The van der Waals surface area contributed by atoms with Crippen LogP contribution in [-0.2, 0) is 21.9 Å². The highest BCUT2D eigenvalue weighted by Crippen LogP contribution is 2.29. The zero-order valence-corrected chi connectivity index (χ0v) is 12.0. The number of ether oxygens (including phenoxy) is 2. The van der Waals surface area contributed by atoms with E-state index in [4.69, 9.17) is 21.1 Å². The van der Waals surface area contributed by atoms with Gasteiger partial charge in [0.1, 0.15) is 15.5 Å². The maximum absolute atomic E-state index is 11.5. The molecule has 1 aliphatic heterocycles. The summed E-state index contributed by atoms with van der Waals surface area (Å²) < 4.78 is 12.2. The van der Waals surface area contributed by atoms with Gasteiger partial charge in [-0.1, -0.05) is 0 Å². The average molecular weight is 301 g/mol. The lowest BCUT2D eigenvalue weighted by Gasteiger charge is -2.27. The summed E-state index contributed by atoms with van der Waals surface area (Å²) >= 11 is 7.25. The molecule has 0 unspecified atom stereocenters. The molecule has 102 valence electrons. The van der Waals surface area contributed by atoms with Gasteiger partial charge in [-0.3, -0.25) is 0 Å². The molecule has 1 aliphatic rings. The monoisotopic (exact) mass is 300 g/mol. The van der Waals surface area contributed by atoms with Crippen LogP contribution in [0.5, 0.6) is 0 Å². The third-order valence-corrected chi connectivity index (χ3v) is 4.45. The predicted molar refractivity (Wildman–Crippen MR) is 72.9 cm³/mol. The van der Waals surface area contributed by atoms with Gasteiger partial charge in [-0.15, -0.1) is 22.9 Å². The Bertz CT molecular complexity index is 618. The number of hydrogen-bond acceptors (Lipinski definition) is 5. The fraction of sp³-hybridized carbons (Fsp3) is 0.500. The molecule has 1 atom stereocenters. The summed E-state index contributed by atoms with van der Waals surface area (Å²) in [5.74, 6) is 0.832. The van der Waals surface area contributed by atoms with Crippen LogP contribution in [0.3, 0.4) is 0 Å². The van der Waals surface area contributed by atoms with Crippen LogP contribution in [0, 0.1) is 0 Å². The first kappa shape index (κ1) is 12.9. The zero-order chi connectivity index (χ0) is 13.4. The molecule has 0 aliphatic carbocycles. The number of esters is 1. The van der Waals surface area contributed by atoms with Gasteiger partial charge in [0.05, 0.1) is 31.2 Å². The minimum absolute atomic E-state index is 0.223. The fourth-order valence-corrected chi connectivity index (χ4v) is 3.28. The number of aromatic nitrogens is 2. The molecule has 2 aromatic rings. The summed E-state index contributed by atoms with van der Waals surface area (Å²) in [5.41, 5.74) is 0.927. The van der Waals surface area contributed by atoms with E-state index in [9.17, 15) is 4.79 Å². The van der Waals surface area contributed by atoms with Crippen molar-refractivity contribution in [2.24, 2.45) is 0 Å². The summed E-state index contributed by atoms with van der Waals surface area (Å²) in [4.78, 5) is 17.4. The van der Waals surface area contributed by atoms with Crippen LogP contribution in [0.15, 0.2) is 6.07 Å². The minimum atomic E-state index is -0.332. The summed E-state index contributed by atoms with van der Waals surface area (Å²) in [6, 6.07) is 1.81. The van der Waals surface area contributed by atoms with Crippen molar-refractivity contribution < 1.29 is 14.3 Å². The molecule has 1 saturated heterocycles. The van der Waals surface area contributed by atoms with Crippen molar-refractivity contribution in [3.63, 3.8) is 0 Å². The van der Waals surface area contributed by atoms with E-state index in [1.54, 1.807) is 0 Å². The van der Waals surface area contributed by atoms with E-state index in [0.717, 1.165) is 35.7 Å². The van der Waals surface area contributed by atoms with Crippen LogP contribution in [0.4, 0.5) is 0 Å². The van der Waals surface area contributed by atoms with E-state index >= 15 is 0 Å². The van der Waals surface area contributed by atoms with Gasteiger partial charge in [0.25, 0.3) is 0 Å². The highest BCUT2D eigenvalue weighted by atomic mass is 35.5. The van der Waals surface area contributed by atoms with Crippen molar-refractivity contribution in [3.8, 4) is 0 Å². The van der Waals surface area contributed by atoms with Crippen molar-refractivity contribution >= 4 is 39.3 Å².